The number of nitrogens with one attached hydrogen (secondary N) is 2. The first-order chi connectivity index (χ1) is 16.5. The molecule has 4 unspecified atom stereocenters. The van der Waals surface area contributed by atoms with Crippen LogP contribution in [0.2, 0.25) is 0 Å². The van der Waals surface area contributed by atoms with Crippen LogP contribution in [-0.2, 0) is 33.6 Å². The summed E-state index contributed by atoms with van der Waals surface area (Å²) in [5.41, 5.74) is 4.44. The van der Waals surface area contributed by atoms with Gasteiger partial charge in [-0.2, -0.15) is 0 Å². The summed E-state index contributed by atoms with van der Waals surface area (Å²) in [4.78, 5) is 25.4. The first kappa shape index (κ1) is 24.7. The van der Waals surface area contributed by atoms with E-state index in [9.17, 15) is 19.9 Å². The lowest BCUT2D eigenvalue weighted by Crippen LogP contribution is -3.14. The summed E-state index contributed by atoms with van der Waals surface area (Å²) >= 11 is 1.57. The fourth-order valence-corrected chi connectivity index (χ4v) is 6.10. The maximum absolute atomic E-state index is 13.6. The van der Waals surface area contributed by atoms with E-state index in [2.05, 4.69) is 17.4 Å². The SMILES string of the molecule is CCOC(=O)C(CCc1ccccc1)NC1CSc2cc3c(cc2C(CC(=O)O)[NH+]1[O-])CCC3. The number of rotatable bonds is 9. The van der Waals surface area contributed by atoms with E-state index in [0.717, 1.165) is 35.3 Å². The summed E-state index contributed by atoms with van der Waals surface area (Å²) in [5, 5.41) is 26.3. The smallest absolute Gasteiger partial charge is 0.323 e. The molecule has 1 heterocycles. The third-order valence-corrected chi connectivity index (χ3v) is 7.77. The molecule has 4 atom stereocenters. The fourth-order valence-electron chi connectivity index (χ4n) is 4.90. The standard InChI is InChI=1S/C26H32N2O5S/c1-2-33-26(31)21(12-11-17-7-4-3-5-8-17)27-24-16-34-23-14-19-10-6-9-18(19)13-20(23)22(28(24)32)15-25(29)30/h3-5,7-8,13-14,21-22,24,27-28H,2,6,9-12,15-16H2,1H3,(H,29,30). The van der Waals surface area contributed by atoms with E-state index in [1.165, 1.54) is 11.1 Å². The zero-order valence-electron chi connectivity index (χ0n) is 19.4. The second-order valence-corrected chi connectivity index (χ2v) is 9.99. The first-order valence-electron chi connectivity index (χ1n) is 12.0. The number of carboxylic acids is 1. The normalized spacial score (nSPS) is 22.4. The molecule has 1 aliphatic carbocycles. The Hall–Kier alpha value is -2.39. The molecule has 0 saturated heterocycles. The summed E-state index contributed by atoms with van der Waals surface area (Å²) < 4.78 is 5.29. The lowest BCUT2D eigenvalue weighted by Gasteiger charge is -2.37. The van der Waals surface area contributed by atoms with Crippen molar-refractivity contribution < 1.29 is 24.5 Å². The molecule has 4 rings (SSSR count). The predicted octanol–water partition coefficient (Wildman–Crippen LogP) is 2.66. The number of thioether (sulfide) groups is 1. The number of carbonyl (C=O) groups is 2. The highest BCUT2D eigenvalue weighted by atomic mass is 32.2. The highest BCUT2D eigenvalue weighted by Crippen LogP contribution is 2.36. The number of hydrogen-bond donors (Lipinski definition) is 3. The van der Waals surface area contributed by atoms with Gasteiger partial charge in [0, 0.05) is 10.5 Å². The molecule has 0 amide bonds. The van der Waals surface area contributed by atoms with Gasteiger partial charge >= 0.3 is 11.9 Å². The monoisotopic (exact) mass is 484 g/mol. The summed E-state index contributed by atoms with van der Waals surface area (Å²) in [6.45, 7) is 2.02. The van der Waals surface area contributed by atoms with E-state index in [-0.39, 0.29) is 24.1 Å². The van der Waals surface area contributed by atoms with Crippen LogP contribution in [0.15, 0.2) is 47.4 Å². The minimum atomic E-state index is -0.999. The number of esters is 1. The van der Waals surface area contributed by atoms with Gasteiger partial charge < -0.3 is 20.1 Å². The second-order valence-electron chi connectivity index (χ2n) is 8.92. The summed E-state index contributed by atoms with van der Waals surface area (Å²) in [5.74, 6) is -0.935. The molecule has 0 bridgehead atoms. The molecule has 1 aliphatic heterocycles. The summed E-state index contributed by atoms with van der Waals surface area (Å²) in [6, 6.07) is 12.7. The fraction of sp³-hybridized carbons (Fsp3) is 0.462. The number of benzene rings is 2. The Balaban J connectivity index is 1.56. The van der Waals surface area contributed by atoms with E-state index in [4.69, 9.17) is 4.74 Å². The average molecular weight is 485 g/mol. The molecule has 0 saturated carbocycles. The van der Waals surface area contributed by atoms with Gasteiger partial charge in [-0.3, -0.25) is 14.9 Å². The van der Waals surface area contributed by atoms with Gasteiger partial charge in [0.15, 0.2) is 6.17 Å². The lowest BCUT2D eigenvalue weighted by molar-refractivity contribution is -0.908. The Morgan fingerprint density at radius 2 is 1.97 bits per heavy atom. The number of hydroxylamine groups is 2. The number of fused-ring (bicyclic) bond motifs is 2. The van der Waals surface area contributed by atoms with Crippen LogP contribution in [0.5, 0.6) is 0 Å². The molecule has 7 nitrogen and oxygen atoms in total. The molecule has 3 N–H and O–H groups in total. The van der Waals surface area contributed by atoms with Gasteiger partial charge in [0.1, 0.15) is 18.5 Å². The second kappa shape index (κ2) is 11.4. The Labute approximate surface area is 204 Å². The van der Waals surface area contributed by atoms with Crippen LogP contribution in [0.25, 0.3) is 0 Å². The van der Waals surface area contributed by atoms with E-state index in [1.807, 2.05) is 30.3 Å². The van der Waals surface area contributed by atoms with Crippen molar-refractivity contribution in [2.45, 2.75) is 68.6 Å². The largest absolute Gasteiger partial charge is 0.633 e. The minimum absolute atomic E-state index is 0.166. The van der Waals surface area contributed by atoms with Gasteiger partial charge in [-0.15, -0.1) is 11.8 Å². The van der Waals surface area contributed by atoms with Crippen molar-refractivity contribution in [1.82, 2.24) is 5.32 Å². The van der Waals surface area contributed by atoms with Crippen molar-refractivity contribution in [1.29, 1.82) is 0 Å². The van der Waals surface area contributed by atoms with Crippen LogP contribution in [0, 0.1) is 5.21 Å². The van der Waals surface area contributed by atoms with E-state index in [1.54, 1.807) is 18.7 Å². The number of aryl methyl sites for hydroxylation is 3. The van der Waals surface area contributed by atoms with E-state index >= 15 is 0 Å². The highest BCUT2D eigenvalue weighted by Gasteiger charge is 2.36. The molecule has 0 radical (unpaired) electrons. The average Bonchev–Trinajstić information content (AvgIpc) is 3.25. The molecule has 2 aromatic carbocycles. The maximum Gasteiger partial charge on any atom is 0.323 e. The number of aliphatic carboxylic acids is 1. The highest BCUT2D eigenvalue weighted by molar-refractivity contribution is 7.99. The quantitative estimate of drug-likeness (QED) is 0.371. The van der Waals surface area contributed by atoms with Crippen LogP contribution in [0.3, 0.4) is 0 Å². The Bertz CT molecular complexity index is 1020. The van der Waals surface area contributed by atoms with Crippen LogP contribution in [0.1, 0.15) is 54.5 Å². The van der Waals surface area contributed by atoms with Crippen LogP contribution < -0.4 is 10.4 Å². The Kier molecular flexibility index (Phi) is 8.26. The Morgan fingerprint density at radius 1 is 1.24 bits per heavy atom. The summed E-state index contributed by atoms with van der Waals surface area (Å²) in [6.07, 6.45) is 3.34. The van der Waals surface area contributed by atoms with Crippen molar-refractivity contribution in [3.8, 4) is 0 Å². The number of hydrogen-bond acceptors (Lipinski definition) is 6. The molecular weight excluding hydrogens is 452 g/mol. The van der Waals surface area contributed by atoms with Crippen molar-refractivity contribution >= 4 is 23.7 Å². The number of carbonyl (C=O) groups excluding carboxylic acids is 1. The molecular formula is C26H32N2O5S. The van der Waals surface area contributed by atoms with Crippen LogP contribution in [0.4, 0.5) is 0 Å². The van der Waals surface area contributed by atoms with E-state index < -0.39 is 24.2 Å². The van der Waals surface area contributed by atoms with Crippen molar-refractivity contribution in [2.24, 2.45) is 0 Å². The minimum Gasteiger partial charge on any atom is -0.633 e. The predicted molar refractivity (Wildman–Crippen MR) is 131 cm³/mol. The number of ether oxygens (including phenoxy) is 1. The van der Waals surface area contributed by atoms with Crippen molar-refractivity contribution in [3.05, 3.63) is 69.9 Å². The molecule has 34 heavy (non-hydrogen) atoms. The number of carboxylic acid groups (broad SMARTS) is 1. The molecule has 182 valence electrons. The topological polar surface area (TPSA) is 103 Å². The van der Waals surface area contributed by atoms with E-state index in [0.29, 0.717) is 18.6 Å². The van der Waals surface area contributed by atoms with Gasteiger partial charge in [0.25, 0.3) is 0 Å². The zero-order valence-corrected chi connectivity index (χ0v) is 20.2. The maximum atomic E-state index is 13.6. The van der Waals surface area contributed by atoms with Gasteiger partial charge in [0.2, 0.25) is 0 Å². The lowest BCUT2D eigenvalue weighted by atomic mass is 9.98. The molecule has 2 aliphatic rings. The molecule has 0 fully saturated rings. The van der Waals surface area contributed by atoms with Crippen molar-refractivity contribution in [3.63, 3.8) is 0 Å². The first-order valence-corrected chi connectivity index (χ1v) is 13.0. The van der Waals surface area contributed by atoms with Crippen LogP contribution >= 0.6 is 11.8 Å². The van der Waals surface area contributed by atoms with Gasteiger partial charge in [-0.1, -0.05) is 30.3 Å². The third-order valence-electron chi connectivity index (χ3n) is 6.61. The third kappa shape index (κ3) is 5.81. The molecule has 2 aromatic rings. The van der Waals surface area contributed by atoms with Crippen molar-refractivity contribution in [2.75, 3.05) is 12.4 Å². The van der Waals surface area contributed by atoms with Gasteiger partial charge in [-0.05, 0) is 67.9 Å². The zero-order chi connectivity index (χ0) is 24.1. The van der Waals surface area contributed by atoms with Gasteiger partial charge in [-0.25, -0.2) is 0 Å². The molecule has 0 spiro atoms. The van der Waals surface area contributed by atoms with Crippen LogP contribution in [-0.4, -0.2) is 41.6 Å². The number of quaternary nitrogens is 1. The Morgan fingerprint density at radius 3 is 2.68 bits per heavy atom. The van der Waals surface area contributed by atoms with Gasteiger partial charge in [0.05, 0.1) is 12.4 Å². The molecule has 0 aromatic heterocycles. The molecule has 8 heteroatoms. The summed E-state index contributed by atoms with van der Waals surface area (Å²) in [7, 11) is 0.